The first-order valence-corrected chi connectivity index (χ1v) is 6.74. The molecule has 0 heterocycles. The number of methoxy groups -OCH3 is 1. The second-order valence-corrected chi connectivity index (χ2v) is 5.79. The molecule has 0 N–H and O–H groups in total. The van der Waals surface area contributed by atoms with Crippen LogP contribution in [-0.4, -0.2) is 30.4 Å². The first-order valence-electron chi connectivity index (χ1n) is 6.74. The molecular weight excluding hydrogens is 254 g/mol. The van der Waals surface area contributed by atoms with Crippen LogP contribution >= 0.6 is 0 Å². The number of esters is 1. The molecule has 110 valence electrons. The fourth-order valence-electron chi connectivity index (χ4n) is 1.86. The minimum absolute atomic E-state index is 0.0326. The van der Waals surface area contributed by atoms with Crippen LogP contribution in [0.2, 0.25) is 0 Å². The Kier molecular flexibility index (Phi) is 5.74. The maximum Gasteiger partial charge on any atom is 0.307 e. The van der Waals surface area contributed by atoms with Crippen LogP contribution in [0.3, 0.4) is 0 Å². The average molecular weight is 277 g/mol. The number of hydrogen-bond acceptors (Lipinski definition) is 3. The van der Waals surface area contributed by atoms with Gasteiger partial charge in [-0.1, -0.05) is 51.1 Å². The monoisotopic (exact) mass is 277 g/mol. The zero-order valence-electron chi connectivity index (χ0n) is 12.7. The molecule has 1 rings (SSSR count). The van der Waals surface area contributed by atoms with E-state index in [9.17, 15) is 9.59 Å². The third-order valence-corrected chi connectivity index (χ3v) is 2.96. The van der Waals surface area contributed by atoms with Crippen LogP contribution in [0.25, 0.3) is 0 Å². The van der Waals surface area contributed by atoms with Gasteiger partial charge in [-0.2, -0.15) is 0 Å². The highest BCUT2D eigenvalue weighted by atomic mass is 16.5. The lowest BCUT2D eigenvalue weighted by molar-refractivity contribution is -0.144. The predicted octanol–water partition coefficient (Wildman–Crippen LogP) is 2.62. The fourth-order valence-corrected chi connectivity index (χ4v) is 1.86. The quantitative estimate of drug-likeness (QED) is 0.777. The van der Waals surface area contributed by atoms with Gasteiger partial charge in [0.25, 0.3) is 0 Å². The third kappa shape index (κ3) is 5.03. The molecule has 0 radical (unpaired) electrons. The molecule has 1 aromatic carbocycles. The highest BCUT2D eigenvalue weighted by Crippen LogP contribution is 2.19. The lowest BCUT2D eigenvalue weighted by Crippen LogP contribution is -2.40. The van der Waals surface area contributed by atoms with E-state index in [0.29, 0.717) is 13.1 Å². The summed E-state index contributed by atoms with van der Waals surface area (Å²) in [7, 11) is 1.36. The Morgan fingerprint density at radius 1 is 1.15 bits per heavy atom. The van der Waals surface area contributed by atoms with Gasteiger partial charge in [0.15, 0.2) is 0 Å². The van der Waals surface area contributed by atoms with E-state index in [2.05, 4.69) is 4.74 Å². The van der Waals surface area contributed by atoms with Crippen molar-refractivity contribution >= 4 is 11.9 Å². The number of rotatable bonds is 5. The minimum atomic E-state index is -0.467. The summed E-state index contributed by atoms with van der Waals surface area (Å²) in [5.41, 5.74) is 0.584. The van der Waals surface area contributed by atoms with Gasteiger partial charge in [0.05, 0.1) is 13.5 Å². The Balaban J connectivity index is 2.79. The van der Waals surface area contributed by atoms with Crippen molar-refractivity contribution in [3.63, 3.8) is 0 Å². The second-order valence-electron chi connectivity index (χ2n) is 5.79. The van der Waals surface area contributed by atoms with Crippen LogP contribution < -0.4 is 0 Å². The molecule has 0 aromatic heterocycles. The topological polar surface area (TPSA) is 46.6 Å². The number of ether oxygens (including phenoxy) is 1. The van der Waals surface area contributed by atoms with Crippen LogP contribution in [0.1, 0.15) is 32.8 Å². The maximum absolute atomic E-state index is 12.4. The summed E-state index contributed by atoms with van der Waals surface area (Å²) in [5, 5.41) is 0. The van der Waals surface area contributed by atoms with Gasteiger partial charge in [0, 0.05) is 18.5 Å². The third-order valence-electron chi connectivity index (χ3n) is 2.96. The van der Waals surface area contributed by atoms with E-state index in [1.54, 1.807) is 4.90 Å². The van der Waals surface area contributed by atoms with E-state index in [1.807, 2.05) is 51.1 Å². The van der Waals surface area contributed by atoms with E-state index in [-0.39, 0.29) is 18.3 Å². The van der Waals surface area contributed by atoms with Crippen LogP contribution in [0, 0.1) is 5.41 Å². The summed E-state index contributed by atoms with van der Waals surface area (Å²) in [5.74, 6) is -0.268. The van der Waals surface area contributed by atoms with Gasteiger partial charge in [-0.3, -0.25) is 9.59 Å². The van der Waals surface area contributed by atoms with Crippen LogP contribution in [0.4, 0.5) is 0 Å². The van der Waals surface area contributed by atoms with Crippen molar-refractivity contribution in [2.24, 2.45) is 5.41 Å². The highest BCUT2D eigenvalue weighted by Gasteiger charge is 2.27. The Morgan fingerprint density at radius 3 is 2.25 bits per heavy atom. The standard InChI is InChI=1S/C16H23NO3/c1-16(2,3)15(19)17(11-10-14(18)20-4)12-13-8-6-5-7-9-13/h5-9H,10-12H2,1-4H3. The summed E-state index contributed by atoms with van der Waals surface area (Å²) < 4.78 is 4.64. The first-order chi connectivity index (χ1) is 9.34. The van der Waals surface area contributed by atoms with Crippen LogP contribution in [0.15, 0.2) is 30.3 Å². The van der Waals surface area contributed by atoms with E-state index >= 15 is 0 Å². The normalized spacial score (nSPS) is 11.0. The van der Waals surface area contributed by atoms with Gasteiger partial charge in [-0.05, 0) is 5.56 Å². The van der Waals surface area contributed by atoms with Gasteiger partial charge < -0.3 is 9.64 Å². The molecule has 0 aliphatic rings. The van der Waals surface area contributed by atoms with E-state index in [0.717, 1.165) is 5.56 Å². The molecule has 0 aliphatic carbocycles. The zero-order valence-corrected chi connectivity index (χ0v) is 12.7. The van der Waals surface area contributed by atoms with Crippen molar-refractivity contribution in [2.45, 2.75) is 33.7 Å². The molecule has 1 aromatic rings. The number of amides is 1. The van der Waals surface area contributed by atoms with Gasteiger partial charge in [-0.25, -0.2) is 0 Å². The van der Waals surface area contributed by atoms with Crippen molar-refractivity contribution in [2.75, 3.05) is 13.7 Å². The van der Waals surface area contributed by atoms with Crippen molar-refractivity contribution in [3.8, 4) is 0 Å². The average Bonchev–Trinajstić information content (AvgIpc) is 2.42. The van der Waals surface area contributed by atoms with Gasteiger partial charge >= 0.3 is 5.97 Å². The molecule has 20 heavy (non-hydrogen) atoms. The Hall–Kier alpha value is -1.84. The van der Waals surface area contributed by atoms with E-state index in [4.69, 9.17) is 0 Å². The summed E-state index contributed by atoms with van der Waals surface area (Å²) in [6, 6.07) is 9.76. The Bertz CT molecular complexity index is 449. The van der Waals surface area contributed by atoms with Gasteiger partial charge in [-0.15, -0.1) is 0 Å². The molecule has 0 bridgehead atoms. The predicted molar refractivity (Wildman–Crippen MR) is 77.9 cm³/mol. The molecule has 0 saturated carbocycles. The molecule has 0 aliphatic heterocycles. The summed E-state index contributed by atoms with van der Waals surface area (Å²) in [4.78, 5) is 25.4. The Morgan fingerprint density at radius 2 is 1.75 bits per heavy atom. The molecule has 4 heteroatoms. The highest BCUT2D eigenvalue weighted by molar-refractivity contribution is 5.82. The number of carbonyl (C=O) groups excluding carboxylic acids is 2. The van der Waals surface area contributed by atoms with Crippen LogP contribution in [-0.2, 0) is 20.9 Å². The second kappa shape index (κ2) is 7.08. The van der Waals surface area contributed by atoms with E-state index in [1.165, 1.54) is 7.11 Å². The van der Waals surface area contributed by atoms with Crippen molar-refractivity contribution in [1.82, 2.24) is 4.90 Å². The SMILES string of the molecule is COC(=O)CCN(Cc1ccccc1)C(=O)C(C)(C)C. The maximum atomic E-state index is 12.4. The molecule has 1 amide bonds. The number of hydrogen-bond donors (Lipinski definition) is 0. The fraction of sp³-hybridized carbons (Fsp3) is 0.500. The lowest BCUT2D eigenvalue weighted by atomic mass is 9.94. The van der Waals surface area contributed by atoms with Gasteiger partial charge in [0.2, 0.25) is 5.91 Å². The number of benzene rings is 1. The summed E-state index contributed by atoms with van der Waals surface area (Å²) >= 11 is 0. The molecular formula is C16H23NO3. The molecule has 0 fully saturated rings. The summed E-state index contributed by atoms with van der Waals surface area (Å²) in [6.45, 7) is 6.52. The van der Waals surface area contributed by atoms with Crippen molar-refractivity contribution in [3.05, 3.63) is 35.9 Å². The van der Waals surface area contributed by atoms with E-state index < -0.39 is 5.41 Å². The smallest absolute Gasteiger partial charge is 0.307 e. The largest absolute Gasteiger partial charge is 0.469 e. The zero-order chi connectivity index (χ0) is 15.2. The number of nitrogens with zero attached hydrogens (tertiary/aromatic N) is 1. The summed E-state index contributed by atoms with van der Waals surface area (Å²) in [6.07, 6.45) is 0.213. The van der Waals surface area contributed by atoms with Crippen molar-refractivity contribution < 1.29 is 14.3 Å². The molecule has 0 unspecified atom stereocenters. The number of carbonyl (C=O) groups is 2. The molecule has 0 atom stereocenters. The van der Waals surface area contributed by atoms with Gasteiger partial charge in [0.1, 0.15) is 0 Å². The lowest BCUT2D eigenvalue weighted by Gasteiger charge is -2.29. The van der Waals surface area contributed by atoms with Crippen molar-refractivity contribution in [1.29, 1.82) is 0 Å². The van der Waals surface area contributed by atoms with Crippen LogP contribution in [0.5, 0.6) is 0 Å². The Labute approximate surface area is 120 Å². The first kappa shape index (κ1) is 16.2. The molecule has 0 spiro atoms. The molecule has 4 nitrogen and oxygen atoms in total. The molecule has 0 saturated heterocycles. The minimum Gasteiger partial charge on any atom is -0.469 e.